The second-order valence-corrected chi connectivity index (χ2v) is 10.7. The average Bonchev–Trinajstić information content (AvgIpc) is 3.02. The maximum Gasteiger partial charge on any atom is 0.335 e. The number of aromatic carboxylic acids is 1. The van der Waals surface area contributed by atoms with E-state index < -0.39 is 23.8 Å². The summed E-state index contributed by atoms with van der Waals surface area (Å²) in [7, 11) is 0. The lowest BCUT2D eigenvalue weighted by Gasteiger charge is -2.27. The maximum atomic E-state index is 13.2. The van der Waals surface area contributed by atoms with Crippen LogP contribution in [0.5, 0.6) is 17.2 Å². The number of unbranched alkanes of at least 4 members (excludes halogenated alkanes) is 1. The molecule has 1 aliphatic rings. The van der Waals surface area contributed by atoms with Crippen LogP contribution < -0.4 is 19.5 Å². The molecule has 1 fully saturated rings. The van der Waals surface area contributed by atoms with Gasteiger partial charge >= 0.3 is 11.9 Å². The predicted octanol–water partition coefficient (Wildman–Crippen LogP) is 6.01. The Hall–Kier alpha value is -4.53. The summed E-state index contributed by atoms with van der Waals surface area (Å²) in [5.74, 6) is -1.01. The normalized spacial score (nSPS) is 16.2. The van der Waals surface area contributed by atoms with Crippen molar-refractivity contribution >= 4 is 17.8 Å². The van der Waals surface area contributed by atoms with Crippen LogP contribution in [-0.4, -0.2) is 53.9 Å². The van der Waals surface area contributed by atoms with Crippen LogP contribution in [0.4, 0.5) is 0 Å². The lowest BCUT2D eigenvalue weighted by atomic mass is 9.85. The Bertz CT molecular complexity index is 1360. The summed E-state index contributed by atoms with van der Waals surface area (Å²) in [6.45, 7) is 1.51. The number of amides is 1. The van der Waals surface area contributed by atoms with Gasteiger partial charge in [0.25, 0.3) is 5.91 Å². The number of carbonyl (C=O) groups excluding carboxylic acids is 1. The van der Waals surface area contributed by atoms with Crippen molar-refractivity contribution in [2.75, 3.05) is 19.8 Å². The highest BCUT2D eigenvalue weighted by molar-refractivity contribution is 6.00. The summed E-state index contributed by atoms with van der Waals surface area (Å²) in [5, 5.41) is 21.7. The molecule has 0 spiro atoms. The van der Waals surface area contributed by atoms with Crippen LogP contribution in [0, 0.1) is 5.92 Å². The Morgan fingerprint density at radius 1 is 0.767 bits per heavy atom. The number of benzene rings is 3. The molecule has 0 aliphatic heterocycles. The molecule has 3 N–H and O–H groups in total. The number of para-hydroxylation sites is 2. The van der Waals surface area contributed by atoms with E-state index in [0.717, 1.165) is 29.9 Å². The highest BCUT2D eigenvalue weighted by atomic mass is 16.5. The average molecular weight is 590 g/mol. The molecule has 1 saturated carbocycles. The topological polar surface area (TPSA) is 131 Å². The number of hydrogen-bond acceptors (Lipinski definition) is 6. The Morgan fingerprint density at radius 2 is 1.47 bits per heavy atom. The van der Waals surface area contributed by atoms with Gasteiger partial charge < -0.3 is 29.7 Å². The minimum absolute atomic E-state index is 0.0257. The van der Waals surface area contributed by atoms with Crippen LogP contribution in [0.2, 0.25) is 0 Å². The molecule has 0 saturated heterocycles. The summed E-state index contributed by atoms with van der Waals surface area (Å²) in [6, 6.07) is 21.5. The number of rotatable bonds is 16. The van der Waals surface area contributed by atoms with Crippen LogP contribution in [-0.2, 0) is 11.2 Å². The molecule has 9 heteroatoms. The highest BCUT2D eigenvalue weighted by Gasteiger charge is 2.29. The summed E-state index contributed by atoms with van der Waals surface area (Å²) in [4.78, 5) is 36.2. The minimum atomic E-state index is -1.15. The van der Waals surface area contributed by atoms with E-state index in [0.29, 0.717) is 58.3 Å². The van der Waals surface area contributed by atoms with E-state index in [-0.39, 0.29) is 22.9 Å². The van der Waals surface area contributed by atoms with Gasteiger partial charge in [0, 0.05) is 6.04 Å². The molecule has 228 valence electrons. The number of aliphatic carboxylic acids is 1. The van der Waals surface area contributed by atoms with Crippen LogP contribution in [0.1, 0.15) is 71.2 Å². The number of ether oxygens (including phenoxy) is 3. The molecule has 3 aromatic carbocycles. The number of carboxylic acid groups (broad SMARTS) is 2. The zero-order chi connectivity index (χ0) is 30.4. The number of carboxylic acids is 2. The van der Waals surface area contributed by atoms with Crippen molar-refractivity contribution in [2.24, 2.45) is 5.92 Å². The second kappa shape index (κ2) is 16.2. The molecule has 9 nitrogen and oxygen atoms in total. The fourth-order valence-corrected chi connectivity index (χ4v) is 5.16. The zero-order valence-corrected chi connectivity index (χ0v) is 24.2. The van der Waals surface area contributed by atoms with Crippen molar-refractivity contribution in [3.8, 4) is 17.2 Å². The first-order valence-corrected chi connectivity index (χ1v) is 14.8. The van der Waals surface area contributed by atoms with Gasteiger partial charge in [-0.2, -0.15) is 0 Å². The molecular weight excluding hydrogens is 550 g/mol. The molecule has 2 unspecified atom stereocenters. The van der Waals surface area contributed by atoms with Crippen molar-refractivity contribution in [1.29, 1.82) is 0 Å². The van der Waals surface area contributed by atoms with E-state index in [1.807, 2.05) is 54.6 Å². The number of nitrogens with one attached hydrogen (secondary N) is 1. The summed E-state index contributed by atoms with van der Waals surface area (Å²) in [5.41, 5.74) is 1.15. The van der Waals surface area contributed by atoms with E-state index in [2.05, 4.69) is 5.32 Å². The van der Waals surface area contributed by atoms with Crippen molar-refractivity contribution in [1.82, 2.24) is 5.32 Å². The molecule has 0 bridgehead atoms. The highest BCUT2D eigenvalue weighted by Crippen LogP contribution is 2.27. The van der Waals surface area contributed by atoms with Gasteiger partial charge in [-0.3, -0.25) is 9.59 Å². The van der Waals surface area contributed by atoms with Gasteiger partial charge in [-0.15, -0.1) is 0 Å². The molecule has 43 heavy (non-hydrogen) atoms. The first kappa shape index (κ1) is 31.4. The van der Waals surface area contributed by atoms with Crippen molar-refractivity contribution in [3.63, 3.8) is 0 Å². The molecule has 0 radical (unpaired) electrons. The Balaban J connectivity index is 1.26. The standard InChI is InChI=1S/C34H39NO8/c36-32(35-27-13-8-11-25(22-27)33(37)38)29-23-26(34(39)40)17-18-31(29)43-21-9-12-24-10-4-5-16-30(24)42-20-7-6-19-41-28-14-2-1-3-15-28/h1-5,10,14-18,23,25,27H,6-9,11-13,19-22H2,(H,35,36)(H,37,38)(H,39,40). The first-order valence-electron chi connectivity index (χ1n) is 14.8. The molecule has 4 rings (SSSR count). The lowest BCUT2D eigenvalue weighted by molar-refractivity contribution is -0.143. The van der Waals surface area contributed by atoms with Gasteiger partial charge in [-0.1, -0.05) is 42.8 Å². The number of aryl methyl sites for hydroxylation is 1. The van der Waals surface area contributed by atoms with Crippen LogP contribution >= 0.6 is 0 Å². The zero-order valence-electron chi connectivity index (χ0n) is 24.2. The van der Waals surface area contributed by atoms with Gasteiger partial charge in [0.05, 0.1) is 36.9 Å². The summed E-state index contributed by atoms with van der Waals surface area (Å²) in [6.07, 6.45) is 5.39. The summed E-state index contributed by atoms with van der Waals surface area (Å²) >= 11 is 0. The van der Waals surface area contributed by atoms with Crippen LogP contribution in [0.3, 0.4) is 0 Å². The van der Waals surface area contributed by atoms with Crippen LogP contribution in [0.25, 0.3) is 0 Å². The Labute approximate surface area is 251 Å². The third-order valence-electron chi connectivity index (χ3n) is 7.46. The van der Waals surface area contributed by atoms with E-state index in [1.54, 1.807) is 0 Å². The third-order valence-corrected chi connectivity index (χ3v) is 7.46. The second-order valence-electron chi connectivity index (χ2n) is 10.7. The van der Waals surface area contributed by atoms with Crippen molar-refractivity contribution < 1.29 is 38.8 Å². The monoisotopic (exact) mass is 589 g/mol. The van der Waals surface area contributed by atoms with E-state index >= 15 is 0 Å². The molecule has 1 amide bonds. The molecule has 1 aliphatic carbocycles. The van der Waals surface area contributed by atoms with E-state index in [4.69, 9.17) is 14.2 Å². The molecule has 3 aromatic rings. The summed E-state index contributed by atoms with van der Waals surface area (Å²) < 4.78 is 17.7. The molecule has 2 atom stereocenters. The lowest BCUT2D eigenvalue weighted by Crippen LogP contribution is -2.40. The Morgan fingerprint density at radius 3 is 2.23 bits per heavy atom. The molecular formula is C34H39NO8. The largest absolute Gasteiger partial charge is 0.494 e. The van der Waals surface area contributed by atoms with Gasteiger partial charge in [-0.05, 0) is 86.9 Å². The molecule has 0 aromatic heterocycles. The minimum Gasteiger partial charge on any atom is -0.494 e. The number of hydrogen-bond donors (Lipinski definition) is 3. The van der Waals surface area contributed by atoms with E-state index in [9.17, 15) is 24.6 Å². The van der Waals surface area contributed by atoms with Gasteiger partial charge in [-0.25, -0.2) is 4.79 Å². The third kappa shape index (κ3) is 9.77. The van der Waals surface area contributed by atoms with Gasteiger partial charge in [0.15, 0.2) is 0 Å². The van der Waals surface area contributed by atoms with Crippen molar-refractivity contribution in [2.45, 2.75) is 57.4 Å². The van der Waals surface area contributed by atoms with Gasteiger partial charge in [0.2, 0.25) is 0 Å². The van der Waals surface area contributed by atoms with Crippen molar-refractivity contribution in [3.05, 3.63) is 89.5 Å². The van der Waals surface area contributed by atoms with E-state index in [1.165, 1.54) is 18.2 Å². The smallest absolute Gasteiger partial charge is 0.335 e. The maximum absolute atomic E-state index is 13.2. The number of carbonyl (C=O) groups is 3. The molecule has 0 heterocycles. The quantitative estimate of drug-likeness (QED) is 0.173. The first-order chi connectivity index (χ1) is 20.9. The Kier molecular flexibility index (Phi) is 11.8. The van der Waals surface area contributed by atoms with Crippen LogP contribution in [0.15, 0.2) is 72.8 Å². The SMILES string of the molecule is O=C(O)c1ccc(OCCCc2ccccc2OCCCCOc2ccccc2)c(C(=O)NC2CCCC(C(=O)O)C2)c1. The predicted molar refractivity (Wildman–Crippen MR) is 161 cm³/mol. The fraction of sp³-hybridized carbons (Fsp3) is 0.382. The van der Waals surface area contributed by atoms with Gasteiger partial charge in [0.1, 0.15) is 17.2 Å². The fourth-order valence-electron chi connectivity index (χ4n) is 5.16.